The second-order valence-electron chi connectivity index (χ2n) is 6.94. The fourth-order valence-electron chi connectivity index (χ4n) is 3.67. The maximum absolute atomic E-state index is 12.4. The highest BCUT2D eigenvalue weighted by Gasteiger charge is 2.35. The number of rotatable bonds is 4. The minimum absolute atomic E-state index is 0.0893. The van der Waals surface area contributed by atoms with Gasteiger partial charge in [-0.15, -0.1) is 0 Å². The van der Waals surface area contributed by atoms with Gasteiger partial charge in [-0.1, -0.05) is 25.0 Å². The molecule has 1 aromatic rings. The van der Waals surface area contributed by atoms with Crippen LogP contribution < -0.4 is 0 Å². The molecule has 2 fully saturated rings. The summed E-state index contributed by atoms with van der Waals surface area (Å²) in [6.07, 6.45) is 3.86. The van der Waals surface area contributed by atoms with Crippen LogP contribution in [-0.2, 0) is 11.3 Å². The summed E-state index contributed by atoms with van der Waals surface area (Å²) in [5.74, 6) is 0.382. The van der Waals surface area contributed by atoms with Crippen LogP contribution in [0.1, 0.15) is 37.7 Å². The van der Waals surface area contributed by atoms with Crippen molar-refractivity contribution < 1.29 is 15.0 Å². The molecule has 2 N–H and O–H groups in total. The molecule has 23 heavy (non-hydrogen) atoms. The third-order valence-corrected chi connectivity index (χ3v) is 5.06. The Hall–Kier alpha value is -1.59. The van der Waals surface area contributed by atoms with Crippen molar-refractivity contribution >= 4 is 5.91 Å². The molecule has 1 saturated carbocycles. The number of piperazine rings is 1. The third kappa shape index (κ3) is 4.24. The predicted octanol–water partition coefficient (Wildman–Crippen LogP) is 1.73. The van der Waals surface area contributed by atoms with Gasteiger partial charge in [-0.3, -0.25) is 9.69 Å². The van der Waals surface area contributed by atoms with Gasteiger partial charge >= 0.3 is 0 Å². The maximum atomic E-state index is 12.4. The molecule has 1 heterocycles. The maximum Gasteiger partial charge on any atom is 0.225 e. The number of nitrogens with zero attached hydrogens (tertiary/aromatic N) is 2. The Labute approximate surface area is 137 Å². The Morgan fingerprint density at radius 1 is 1.13 bits per heavy atom. The van der Waals surface area contributed by atoms with Crippen LogP contribution in [-0.4, -0.2) is 57.7 Å². The van der Waals surface area contributed by atoms with Crippen LogP contribution in [0.4, 0.5) is 0 Å². The average molecular weight is 318 g/mol. The summed E-state index contributed by atoms with van der Waals surface area (Å²) in [5.41, 5.74) is 0.334. The first-order valence-corrected chi connectivity index (χ1v) is 8.55. The Balaban J connectivity index is 1.47. The molecule has 1 aliphatic carbocycles. The minimum Gasteiger partial charge on any atom is -0.508 e. The van der Waals surface area contributed by atoms with Gasteiger partial charge in [-0.2, -0.15) is 0 Å². The van der Waals surface area contributed by atoms with E-state index in [0.29, 0.717) is 18.8 Å². The van der Waals surface area contributed by atoms with Crippen LogP contribution in [0.5, 0.6) is 5.75 Å². The average Bonchev–Trinajstić information content (AvgIpc) is 2.94. The van der Waals surface area contributed by atoms with E-state index in [9.17, 15) is 15.0 Å². The van der Waals surface area contributed by atoms with E-state index < -0.39 is 5.60 Å². The molecule has 5 nitrogen and oxygen atoms in total. The molecular weight excluding hydrogens is 292 g/mol. The molecule has 1 saturated heterocycles. The number of carbonyl (C=O) groups excluding carboxylic acids is 1. The van der Waals surface area contributed by atoms with Gasteiger partial charge in [0.25, 0.3) is 0 Å². The van der Waals surface area contributed by atoms with Gasteiger partial charge in [0.15, 0.2) is 0 Å². The lowest BCUT2D eigenvalue weighted by molar-refractivity contribution is -0.138. The van der Waals surface area contributed by atoms with E-state index in [1.165, 1.54) is 0 Å². The van der Waals surface area contributed by atoms with E-state index in [2.05, 4.69) is 4.90 Å². The van der Waals surface area contributed by atoms with E-state index in [-0.39, 0.29) is 12.3 Å². The molecule has 126 valence electrons. The third-order valence-electron chi connectivity index (χ3n) is 5.06. The molecule has 0 spiro atoms. The first kappa shape index (κ1) is 16.3. The molecule has 1 aromatic carbocycles. The van der Waals surface area contributed by atoms with Crippen LogP contribution in [0.15, 0.2) is 24.3 Å². The van der Waals surface area contributed by atoms with Crippen molar-refractivity contribution in [3.63, 3.8) is 0 Å². The second kappa shape index (κ2) is 6.89. The van der Waals surface area contributed by atoms with Crippen LogP contribution in [0, 0.1) is 0 Å². The normalized spacial score (nSPS) is 21.5. The number of aliphatic hydroxyl groups is 1. The van der Waals surface area contributed by atoms with Crippen molar-refractivity contribution in [1.29, 1.82) is 0 Å². The lowest BCUT2D eigenvalue weighted by Crippen LogP contribution is -2.49. The number of benzene rings is 1. The Morgan fingerprint density at radius 3 is 2.48 bits per heavy atom. The molecule has 0 radical (unpaired) electrons. The highest BCUT2D eigenvalue weighted by molar-refractivity contribution is 5.77. The summed E-state index contributed by atoms with van der Waals surface area (Å²) < 4.78 is 0. The zero-order chi connectivity index (χ0) is 16.3. The molecule has 3 rings (SSSR count). The molecule has 0 atom stereocenters. The van der Waals surface area contributed by atoms with Crippen molar-refractivity contribution in [2.75, 3.05) is 26.2 Å². The fraction of sp³-hybridized carbons (Fsp3) is 0.611. The van der Waals surface area contributed by atoms with E-state index in [1.54, 1.807) is 12.1 Å². The van der Waals surface area contributed by atoms with E-state index in [1.807, 2.05) is 17.0 Å². The molecule has 0 aromatic heterocycles. The van der Waals surface area contributed by atoms with E-state index in [4.69, 9.17) is 0 Å². The zero-order valence-electron chi connectivity index (χ0n) is 13.6. The summed E-state index contributed by atoms with van der Waals surface area (Å²) in [6.45, 7) is 3.89. The quantitative estimate of drug-likeness (QED) is 0.887. The smallest absolute Gasteiger partial charge is 0.225 e. The van der Waals surface area contributed by atoms with Gasteiger partial charge in [-0.25, -0.2) is 0 Å². The monoisotopic (exact) mass is 318 g/mol. The zero-order valence-corrected chi connectivity index (χ0v) is 13.6. The van der Waals surface area contributed by atoms with Gasteiger partial charge in [0.1, 0.15) is 5.75 Å². The lowest BCUT2D eigenvalue weighted by Gasteiger charge is -2.36. The number of hydrogen-bond donors (Lipinski definition) is 2. The van der Waals surface area contributed by atoms with Crippen molar-refractivity contribution in [2.24, 2.45) is 0 Å². The number of hydrogen-bond acceptors (Lipinski definition) is 4. The van der Waals surface area contributed by atoms with Gasteiger partial charge in [0.05, 0.1) is 12.0 Å². The van der Waals surface area contributed by atoms with E-state index >= 15 is 0 Å². The summed E-state index contributed by atoms with van der Waals surface area (Å²) in [6, 6.07) is 7.32. The number of aromatic hydroxyl groups is 1. The summed E-state index contributed by atoms with van der Waals surface area (Å²) in [5, 5.41) is 19.9. The van der Waals surface area contributed by atoms with Crippen LogP contribution in [0.2, 0.25) is 0 Å². The van der Waals surface area contributed by atoms with Gasteiger partial charge in [0, 0.05) is 32.7 Å². The van der Waals surface area contributed by atoms with Crippen LogP contribution in [0.25, 0.3) is 0 Å². The van der Waals surface area contributed by atoms with Crippen molar-refractivity contribution in [1.82, 2.24) is 9.80 Å². The Bertz CT molecular complexity index is 547. The fourth-order valence-corrected chi connectivity index (χ4v) is 3.67. The van der Waals surface area contributed by atoms with Crippen molar-refractivity contribution in [3.8, 4) is 5.75 Å². The largest absolute Gasteiger partial charge is 0.508 e. The highest BCUT2D eigenvalue weighted by Crippen LogP contribution is 2.32. The van der Waals surface area contributed by atoms with Crippen LogP contribution >= 0.6 is 0 Å². The predicted molar refractivity (Wildman–Crippen MR) is 88.0 cm³/mol. The standard InChI is InChI=1S/C18H26N2O3/c21-16-5-3-4-15(12-16)14-19-8-10-20(11-9-19)17(22)13-18(23)6-1-2-7-18/h3-5,12,21,23H,1-2,6-11,13-14H2. The summed E-state index contributed by atoms with van der Waals surface area (Å²) in [7, 11) is 0. The molecule has 0 unspecified atom stereocenters. The molecule has 2 aliphatic rings. The van der Waals surface area contributed by atoms with Crippen molar-refractivity contribution in [2.45, 2.75) is 44.2 Å². The minimum atomic E-state index is -0.754. The molecular formula is C18H26N2O3. The Morgan fingerprint density at radius 2 is 1.83 bits per heavy atom. The molecule has 5 heteroatoms. The SMILES string of the molecule is O=C(CC1(O)CCCC1)N1CCN(Cc2cccc(O)c2)CC1. The number of phenolic OH excluding ortho intramolecular Hbond substituents is 1. The number of carbonyl (C=O) groups is 1. The highest BCUT2D eigenvalue weighted by atomic mass is 16.3. The van der Waals surface area contributed by atoms with E-state index in [0.717, 1.165) is 50.9 Å². The van der Waals surface area contributed by atoms with Gasteiger partial charge in [0.2, 0.25) is 5.91 Å². The Kier molecular flexibility index (Phi) is 4.87. The number of amides is 1. The molecule has 1 amide bonds. The van der Waals surface area contributed by atoms with Crippen LogP contribution in [0.3, 0.4) is 0 Å². The number of phenols is 1. The first-order valence-electron chi connectivity index (χ1n) is 8.55. The topological polar surface area (TPSA) is 64.0 Å². The lowest BCUT2D eigenvalue weighted by atomic mass is 9.97. The van der Waals surface area contributed by atoms with Gasteiger partial charge in [-0.05, 0) is 30.5 Å². The molecule has 1 aliphatic heterocycles. The second-order valence-corrected chi connectivity index (χ2v) is 6.94. The summed E-state index contributed by atoms with van der Waals surface area (Å²) in [4.78, 5) is 16.6. The first-order chi connectivity index (χ1) is 11.0. The van der Waals surface area contributed by atoms with Crippen molar-refractivity contribution in [3.05, 3.63) is 29.8 Å². The summed E-state index contributed by atoms with van der Waals surface area (Å²) >= 11 is 0. The van der Waals surface area contributed by atoms with Gasteiger partial charge < -0.3 is 15.1 Å². The molecule has 0 bridgehead atoms.